The molecule has 0 aromatic rings. The van der Waals surface area contributed by atoms with E-state index in [9.17, 15) is 9.59 Å². The van der Waals surface area contributed by atoms with E-state index in [-0.39, 0.29) is 29.0 Å². The zero-order valence-corrected chi connectivity index (χ0v) is 17.7. The smallest absolute Gasteiger partial charge is 0.313 e. The van der Waals surface area contributed by atoms with Crippen LogP contribution in [0.3, 0.4) is 0 Å². The van der Waals surface area contributed by atoms with Gasteiger partial charge < -0.3 is 4.74 Å². The summed E-state index contributed by atoms with van der Waals surface area (Å²) in [6, 6.07) is 0. The van der Waals surface area contributed by atoms with E-state index in [1.165, 1.54) is 18.3 Å². The number of ether oxygens (including phenoxy) is 1. The van der Waals surface area contributed by atoms with Crippen LogP contribution < -0.4 is 5.48 Å². The van der Waals surface area contributed by atoms with Crippen LogP contribution in [0.15, 0.2) is 24.3 Å². The van der Waals surface area contributed by atoms with Gasteiger partial charge in [-0.05, 0) is 66.6 Å². The largest absolute Gasteiger partial charge is 0.369 e. The van der Waals surface area contributed by atoms with Gasteiger partial charge in [0.1, 0.15) is 6.61 Å². The third kappa shape index (κ3) is 3.48. The summed E-state index contributed by atoms with van der Waals surface area (Å²) in [6.07, 6.45) is 11.1. The molecule has 5 unspecified atom stereocenters. The highest BCUT2D eigenvalue weighted by molar-refractivity contribution is 6.36. The van der Waals surface area contributed by atoms with E-state index in [4.69, 9.17) is 9.94 Å². The minimum Gasteiger partial charge on any atom is -0.369 e. The van der Waals surface area contributed by atoms with Crippen LogP contribution in [0.2, 0.25) is 0 Å². The molecule has 0 saturated heterocycles. The molecule has 3 aliphatic rings. The summed E-state index contributed by atoms with van der Waals surface area (Å²) in [5.41, 5.74) is 3.30. The normalized spacial score (nSPS) is 39.2. The molecular formula is C23H35NO4. The Morgan fingerprint density at radius 1 is 1.29 bits per heavy atom. The second kappa shape index (κ2) is 7.42. The lowest BCUT2D eigenvalue weighted by Gasteiger charge is -2.60. The molecule has 2 N–H and O–H groups in total. The van der Waals surface area contributed by atoms with Crippen molar-refractivity contribution >= 4 is 11.7 Å². The third-order valence-corrected chi connectivity index (χ3v) is 8.09. The molecular weight excluding hydrogens is 354 g/mol. The molecule has 0 spiro atoms. The predicted molar refractivity (Wildman–Crippen MR) is 108 cm³/mol. The van der Waals surface area contributed by atoms with Crippen molar-refractivity contribution in [1.82, 2.24) is 5.48 Å². The number of carbonyl (C=O) groups is 2. The highest BCUT2D eigenvalue weighted by Crippen LogP contribution is 2.64. The number of amides is 1. The van der Waals surface area contributed by atoms with Gasteiger partial charge in [0.25, 0.3) is 0 Å². The molecule has 5 nitrogen and oxygen atoms in total. The van der Waals surface area contributed by atoms with Gasteiger partial charge in [-0.2, -0.15) is 0 Å². The average Bonchev–Trinajstić information content (AvgIpc) is 2.65. The maximum Gasteiger partial charge on any atom is 0.313 e. The molecule has 5 atom stereocenters. The summed E-state index contributed by atoms with van der Waals surface area (Å²) >= 11 is 0. The average molecular weight is 390 g/mol. The number of rotatable bonds is 5. The first-order valence-electron chi connectivity index (χ1n) is 10.5. The van der Waals surface area contributed by atoms with Gasteiger partial charge in [-0.3, -0.25) is 14.8 Å². The molecule has 0 bridgehead atoms. The van der Waals surface area contributed by atoms with Gasteiger partial charge in [0, 0.05) is 0 Å². The molecule has 0 radical (unpaired) electrons. The fourth-order valence-corrected chi connectivity index (χ4v) is 6.42. The Bertz CT molecular complexity index is 697. The predicted octanol–water partition coefficient (Wildman–Crippen LogP) is 4.21. The standard InChI is InChI=1S/C23H35NO4/c1-6-22(4)11-9-16-15(13-22)7-8-18-21(2,3)19(10-12-23(16,18)5)28-14-17(25)20(26)24-27/h6,9,15,18-19,27H,1,7-8,10-14H2,2-5H3,(H,24,26). The van der Waals surface area contributed by atoms with Crippen molar-refractivity contribution in [3.05, 3.63) is 24.3 Å². The van der Waals surface area contributed by atoms with Crippen LogP contribution in [0.5, 0.6) is 0 Å². The Morgan fingerprint density at radius 2 is 2.00 bits per heavy atom. The van der Waals surface area contributed by atoms with Crippen LogP contribution in [0.25, 0.3) is 0 Å². The van der Waals surface area contributed by atoms with E-state index in [1.54, 1.807) is 5.57 Å². The molecule has 2 saturated carbocycles. The maximum atomic E-state index is 11.7. The van der Waals surface area contributed by atoms with Crippen molar-refractivity contribution in [3.63, 3.8) is 0 Å². The quantitative estimate of drug-likeness (QED) is 0.320. The van der Waals surface area contributed by atoms with E-state index in [0.29, 0.717) is 11.8 Å². The molecule has 2 fully saturated rings. The van der Waals surface area contributed by atoms with E-state index in [0.717, 1.165) is 25.7 Å². The van der Waals surface area contributed by atoms with Crippen molar-refractivity contribution in [2.45, 2.75) is 72.3 Å². The number of hydrogen-bond acceptors (Lipinski definition) is 4. The third-order valence-electron chi connectivity index (χ3n) is 8.09. The molecule has 0 heterocycles. The molecule has 0 aromatic heterocycles. The lowest BCUT2D eigenvalue weighted by Crippen LogP contribution is -2.55. The Kier molecular flexibility index (Phi) is 5.63. The fourth-order valence-electron chi connectivity index (χ4n) is 6.42. The van der Waals surface area contributed by atoms with Crippen molar-refractivity contribution in [2.75, 3.05) is 6.61 Å². The number of hydroxylamine groups is 1. The Balaban J connectivity index is 1.78. The molecule has 5 heteroatoms. The first-order chi connectivity index (χ1) is 13.1. The van der Waals surface area contributed by atoms with Crippen molar-refractivity contribution in [2.24, 2.45) is 28.1 Å². The lowest BCUT2D eigenvalue weighted by molar-refractivity contribution is -0.155. The van der Waals surface area contributed by atoms with Gasteiger partial charge in [0.15, 0.2) is 0 Å². The van der Waals surface area contributed by atoms with Crippen molar-refractivity contribution in [1.29, 1.82) is 0 Å². The number of carbonyl (C=O) groups excluding carboxylic acids is 2. The Morgan fingerprint density at radius 3 is 2.64 bits per heavy atom. The zero-order chi connectivity index (χ0) is 20.7. The maximum absolute atomic E-state index is 11.7. The van der Waals surface area contributed by atoms with Crippen LogP contribution in [0.4, 0.5) is 0 Å². The van der Waals surface area contributed by atoms with Gasteiger partial charge in [0.2, 0.25) is 5.78 Å². The fraction of sp³-hybridized carbons (Fsp3) is 0.739. The number of ketones is 1. The summed E-state index contributed by atoms with van der Waals surface area (Å²) in [6.45, 7) is 13.0. The van der Waals surface area contributed by atoms with Gasteiger partial charge in [-0.1, -0.05) is 45.4 Å². The van der Waals surface area contributed by atoms with Crippen LogP contribution >= 0.6 is 0 Å². The van der Waals surface area contributed by atoms with E-state index in [2.05, 4.69) is 46.4 Å². The second-order valence-corrected chi connectivity index (χ2v) is 10.2. The summed E-state index contributed by atoms with van der Waals surface area (Å²) < 4.78 is 5.91. The first kappa shape index (κ1) is 21.3. The molecule has 1 amide bonds. The topological polar surface area (TPSA) is 75.6 Å². The summed E-state index contributed by atoms with van der Waals surface area (Å²) in [7, 11) is 0. The summed E-state index contributed by atoms with van der Waals surface area (Å²) in [5, 5.41) is 8.61. The van der Waals surface area contributed by atoms with Crippen LogP contribution in [0, 0.1) is 28.1 Å². The minimum atomic E-state index is -1.02. The Labute approximate surface area is 168 Å². The molecule has 3 aliphatic carbocycles. The number of fused-ring (bicyclic) bond motifs is 3. The summed E-state index contributed by atoms with van der Waals surface area (Å²) in [5.74, 6) is -0.636. The Hall–Kier alpha value is -1.46. The first-order valence-corrected chi connectivity index (χ1v) is 10.5. The summed E-state index contributed by atoms with van der Waals surface area (Å²) in [4.78, 5) is 23.0. The molecule has 0 aliphatic heterocycles. The van der Waals surface area contributed by atoms with Gasteiger partial charge >= 0.3 is 5.91 Å². The lowest BCUT2D eigenvalue weighted by atomic mass is 9.46. The van der Waals surface area contributed by atoms with Crippen molar-refractivity contribution in [3.8, 4) is 0 Å². The van der Waals surface area contributed by atoms with E-state index in [1.807, 2.05) is 0 Å². The van der Waals surface area contributed by atoms with Gasteiger partial charge in [-0.15, -0.1) is 6.58 Å². The van der Waals surface area contributed by atoms with Crippen molar-refractivity contribution < 1.29 is 19.5 Å². The number of hydrogen-bond donors (Lipinski definition) is 2. The van der Waals surface area contributed by atoms with Crippen LogP contribution in [0.1, 0.15) is 66.2 Å². The van der Waals surface area contributed by atoms with Crippen LogP contribution in [-0.4, -0.2) is 29.6 Å². The van der Waals surface area contributed by atoms with Gasteiger partial charge in [0.05, 0.1) is 6.10 Å². The highest BCUT2D eigenvalue weighted by Gasteiger charge is 2.56. The number of allylic oxidation sites excluding steroid dienone is 3. The molecule has 156 valence electrons. The number of nitrogens with one attached hydrogen (secondary N) is 1. The van der Waals surface area contributed by atoms with E-state index < -0.39 is 11.7 Å². The number of Topliss-reactive ketones (excluding diaryl/α,β-unsaturated/α-hetero) is 1. The van der Waals surface area contributed by atoms with E-state index >= 15 is 0 Å². The van der Waals surface area contributed by atoms with Gasteiger partial charge in [-0.25, -0.2) is 5.48 Å². The second-order valence-electron chi connectivity index (χ2n) is 10.2. The zero-order valence-electron chi connectivity index (χ0n) is 17.7. The molecule has 3 rings (SSSR count). The molecule has 0 aromatic carbocycles. The monoisotopic (exact) mass is 389 g/mol. The minimum absolute atomic E-state index is 0.0693. The molecule has 28 heavy (non-hydrogen) atoms. The SMILES string of the molecule is C=CC1(C)CC=C2C(CCC3C2(C)CCC(OCC(=O)C(=O)NO)C3(C)C)C1. The van der Waals surface area contributed by atoms with Crippen LogP contribution in [-0.2, 0) is 14.3 Å². The highest BCUT2D eigenvalue weighted by atomic mass is 16.5.